The standard InChI is InChI=1S/C25H33ClN4O4S/c1-25(2,3)34-20(31)7-5-4-6-13-30-14-12-18-19(15-30)35-23(21(18)22(27)32)29-24(33)28-17-10-8-16(26)9-11-17/h8-11H,4-7,12-15H2,1-3H3,(H2,27,32)(H2,28,29,33). The molecule has 3 amide bonds. The van der Waals surface area contributed by atoms with Gasteiger partial charge in [-0.05, 0) is 76.4 Å². The van der Waals surface area contributed by atoms with Crippen molar-refractivity contribution in [2.24, 2.45) is 5.73 Å². The molecule has 4 N–H and O–H groups in total. The number of carbonyl (C=O) groups is 3. The molecule has 0 spiro atoms. The van der Waals surface area contributed by atoms with Crippen LogP contribution in [0.1, 0.15) is 67.3 Å². The number of fused-ring (bicyclic) bond motifs is 1. The second-order valence-electron chi connectivity index (χ2n) is 9.58. The normalized spacial score (nSPS) is 13.7. The van der Waals surface area contributed by atoms with Crippen molar-refractivity contribution in [2.75, 3.05) is 23.7 Å². The van der Waals surface area contributed by atoms with E-state index in [4.69, 9.17) is 22.1 Å². The average Bonchev–Trinajstić information content (AvgIpc) is 3.11. The number of hydrogen-bond acceptors (Lipinski definition) is 6. The Labute approximate surface area is 215 Å². The number of benzene rings is 1. The number of carbonyl (C=O) groups excluding carboxylic acids is 3. The second-order valence-corrected chi connectivity index (χ2v) is 11.1. The lowest BCUT2D eigenvalue weighted by Crippen LogP contribution is -2.31. The molecule has 35 heavy (non-hydrogen) atoms. The fraction of sp³-hybridized carbons (Fsp3) is 0.480. The molecule has 1 aromatic carbocycles. The zero-order valence-corrected chi connectivity index (χ0v) is 22.0. The molecule has 190 valence electrons. The molecular weight excluding hydrogens is 488 g/mol. The molecule has 0 saturated heterocycles. The van der Waals surface area contributed by atoms with Gasteiger partial charge in [-0.1, -0.05) is 18.0 Å². The first-order chi connectivity index (χ1) is 16.5. The van der Waals surface area contributed by atoms with Gasteiger partial charge >= 0.3 is 12.0 Å². The van der Waals surface area contributed by atoms with Crippen LogP contribution < -0.4 is 16.4 Å². The zero-order chi connectivity index (χ0) is 25.6. The van der Waals surface area contributed by atoms with Crippen LogP contribution in [-0.2, 0) is 22.5 Å². The van der Waals surface area contributed by atoms with Gasteiger partial charge < -0.3 is 15.8 Å². The van der Waals surface area contributed by atoms with Gasteiger partial charge in [-0.15, -0.1) is 11.3 Å². The maximum absolute atomic E-state index is 12.5. The van der Waals surface area contributed by atoms with Crippen LogP contribution in [-0.4, -0.2) is 41.5 Å². The Morgan fingerprint density at radius 3 is 2.49 bits per heavy atom. The predicted octanol–water partition coefficient (Wildman–Crippen LogP) is 5.40. The highest BCUT2D eigenvalue weighted by Crippen LogP contribution is 2.37. The van der Waals surface area contributed by atoms with Gasteiger partial charge in [0.2, 0.25) is 0 Å². The molecule has 10 heteroatoms. The van der Waals surface area contributed by atoms with Crippen molar-refractivity contribution in [3.63, 3.8) is 0 Å². The van der Waals surface area contributed by atoms with Crippen molar-refractivity contribution in [2.45, 2.75) is 65.0 Å². The van der Waals surface area contributed by atoms with Crippen LogP contribution in [0.3, 0.4) is 0 Å². The Hall–Kier alpha value is -2.62. The van der Waals surface area contributed by atoms with Crippen LogP contribution in [0.25, 0.3) is 0 Å². The van der Waals surface area contributed by atoms with Crippen LogP contribution in [0.4, 0.5) is 15.5 Å². The summed E-state index contributed by atoms with van der Waals surface area (Å²) in [7, 11) is 0. The molecule has 1 aliphatic heterocycles. The van der Waals surface area contributed by atoms with Crippen molar-refractivity contribution in [1.82, 2.24) is 4.90 Å². The van der Waals surface area contributed by atoms with E-state index >= 15 is 0 Å². The number of hydrogen-bond donors (Lipinski definition) is 3. The van der Waals surface area contributed by atoms with Gasteiger partial charge in [0.25, 0.3) is 5.91 Å². The number of thiophene rings is 1. The predicted molar refractivity (Wildman–Crippen MR) is 140 cm³/mol. The maximum atomic E-state index is 12.5. The van der Waals surface area contributed by atoms with Gasteiger partial charge in [-0.2, -0.15) is 0 Å². The third-order valence-corrected chi connectivity index (χ3v) is 6.87. The minimum Gasteiger partial charge on any atom is -0.460 e. The number of primary amides is 1. The summed E-state index contributed by atoms with van der Waals surface area (Å²) in [6, 6.07) is 6.31. The van der Waals surface area contributed by atoms with Crippen LogP contribution in [0.5, 0.6) is 0 Å². The minimum absolute atomic E-state index is 0.155. The topological polar surface area (TPSA) is 114 Å². The number of unbranched alkanes of at least 4 members (excludes halogenated alkanes) is 2. The Kier molecular flexibility index (Phi) is 9.15. The van der Waals surface area contributed by atoms with E-state index in [2.05, 4.69) is 15.5 Å². The number of nitrogens with one attached hydrogen (secondary N) is 2. The average molecular weight is 521 g/mol. The van der Waals surface area contributed by atoms with E-state index in [0.717, 1.165) is 42.8 Å². The van der Waals surface area contributed by atoms with E-state index < -0.39 is 17.5 Å². The van der Waals surface area contributed by atoms with E-state index in [1.54, 1.807) is 24.3 Å². The molecule has 2 aromatic rings. The van der Waals surface area contributed by atoms with Crippen molar-refractivity contribution in [1.29, 1.82) is 0 Å². The number of rotatable bonds is 9. The highest BCUT2D eigenvalue weighted by Gasteiger charge is 2.27. The molecule has 0 radical (unpaired) electrons. The summed E-state index contributed by atoms with van der Waals surface area (Å²) in [6.45, 7) is 8.03. The van der Waals surface area contributed by atoms with Crippen LogP contribution in [0.2, 0.25) is 5.02 Å². The van der Waals surface area contributed by atoms with Gasteiger partial charge in [0.05, 0.1) is 5.56 Å². The number of urea groups is 1. The summed E-state index contributed by atoms with van der Waals surface area (Å²) in [5.41, 5.74) is 7.13. The van der Waals surface area contributed by atoms with Gasteiger partial charge in [0.1, 0.15) is 10.6 Å². The van der Waals surface area contributed by atoms with Crippen LogP contribution >= 0.6 is 22.9 Å². The number of halogens is 1. The number of esters is 1. The largest absolute Gasteiger partial charge is 0.460 e. The maximum Gasteiger partial charge on any atom is 0.324 e. The third-order valence-electron chi connectivity index (χ3n) is 5.49. The Morgan fingerprint density at radius 2 is 1.83 bits per heavy atom. The van der Waals surface area contributed by atoms with Crippen LogP contribution in [0, 0.1) is 0 Å². The Morgan fingerprint density at radius 1 is 1.11 bits per heavy atom. The highest BCUT2D eigenvalue weighted by molar-refractivity contribution is 7.17. The quantitative estimate of drug-likeness (QED) is 0.302. The first-order valence-electron chi connectivity index (χ1n) is 11.7. The molecule has 0 saturated carbocycles. The molecule has 2 heterocycles. The van der Waals surface area contributed by atoms with Crippen molar-refractivity contribution >= 4 is 51.5 Å². The summed E-state index contributed by atoms with van der Waals surface area (Å²) in [6.07, 6.45) is 3.84. The zero-order valence-electron chi connectivity index (χ0n) is 20.4. The van der Waals surface area contributed by atoms with Crippen molar-refractivity contribution in [3.8, 4) is 0 Å². The lowest BCUT2D eigenvalue weighted by molar-refractivity contribution is -0.154. The molecule has 1 aromatic heterocycles. The highest BCUT2D eigenvalue weighted by atomic mass is 35.5. The summed E-state index contributed by atoms with van der Waals surface area (Å²) >= 11 is 7.27. The van der Waals surface area contributed by atoms with Crippen molar-refractivity contribution in [3.05, 3.63) is 45.3 Å². The first kappa shape index (κ1) is 27.0. The third kappa shape index (κ3) is 8.23. The fourth-order valence-electron chi connectivity index (χ4n) is 3.97. The summed E-state index contributed by atoms with van der Waals surface area (Å²) in [5, 5.41) is 6.56. The monoisotopic (exact) mass is 520 g/mol. The molecule has 8 nitrogen and oxygen atoms in total. The SMILES string of the molecule is CC(C)(C)OC(=O)CCCCCN1CCc2c(sc(NC(=O)Nc3ccc(Cl)cc3)c2C(N)=O)C1. The van der Waals surface area contributed by atoms with E-state index in [1.807, 2.05) is 20.8 Å². The minimum atomic E-state index is -0.542. The number of anilines is 2. The summed E-state index contributed by atoms with van der Waals surface area (Å²) in [5.74, 6) is -0.697. The van der Waals surface area contributed by atoms with E-state index in [0.29, 0.717) is 40.7 Å². The van der Waals surface area contributed by atoms with E-state index in [9.17, 15) is 14.4 Å². The van der Waals surface area contributed by atoms with Crippen molar-refractivity contribution < 1.29 is 19.1 Å². The molecule has 0 aliphatic carbocycles. The van der Waals surface area contributed by atoms with E-state index in [1.165, 1.54) is 11.3 Å². The Balaban J connectivity index is 1.52. The molecule has 0 unspecified atom stereocenters. The number of nitrogens with two attached hydrogens (primary N) is 1. The van der Waals surface area contributed by atoms with Gasteiger partial charge in [0, 0.05) is 35.1 Å². The molecule has 1 aliphatic rings. The van der Waals surface area contributed by atoms with Gasteiger partial charge in [-0.25, -0.2) is 4.79 Å². The molecule has 0 fully saturated rings. The molecule has 0 bridgehead atoms. The molecule has 3 rings (SSSR count). The summed E-state index contributed by atoms with van der Waals surface area (Å²) < 4.78 is 5.35. The molecule has 0 atom stereocenters. The summed E-state index contributed by atoms with van der Waals surface area (Å²) in [4.78, 5) is 39.9. The Bertz CT molecular complexity index is 1060. The number of amides is 3. The second kappa shape index (κ2) is 11.9. The fourth-order valence-corrected chi connectivity index (χ4v) is 5.39. The smallest absolute Gasteiger partial charge is 0.324 e. The van der Waals surface area contributed by atoms with Gasteiger partial charge in [-0.3, -0.25) is 19.8 Å². The number of ether oxygens (including phenoxy) is 1. The lowest BCUT2D eigenvalue weighted by Gasteiger charge is -2.27. The van der Waals surface area contributed by atoms with Crippen LogP contribution in [0.15, 0.2) is 24.3 Å². The molecular formula is C25H33ClN4O4S. The first-order valence-corrected chi connectivity index (χ1v) is 12.9. The van der Waals surface area contributed by atoms with E-state index in [-0.39, 0.29) is 5.97 Å². The lowest BCUT2D eigenvalue weighted by atomic mass is 10.0. The number of nitrogens with zero attached hydrogens (tertiary/aromatic N) is 1. The van der Waals surface area contributed by atoms with Gasteiger partial charge in [0.15, 0.2) is 0 Å².